The maximum absolute atomic E-state index is 6.93. The van der Waals surface area contributed by atoms with Crippen molar-refractivity contribution >= 4 is 11.3 Å². The van der Waals surface area contributed by atoms with E-state index in [9.17, 15) is 0 Å². The first kappa shape index (κ1) is 37.1. The summed E-state index contributed by atoms with van der Waals surface area (Å²) in [5, 5.41) is 0. The number of aliphatic imine (C=N–C) groups is 1. The highest BCUT2D eigenvalue weighted by Gasteiger charge is 2.57. The summed E-state index contributed by atoms with van der Waals surface area (Å²) in [6.07, 6.45) is 31.3. The molecule has 0 spiro atoms. The van der Waals surface area contributed by atoms with E-state index in [1.807, 2.05) is 6.08 Å². The van der Waals surface area contributed by atoms with Crippen molar-refractivity contribution in [3.8, 4) is 0 Å². The smallest absolute Gasteiger partial charge is 0.0931 e. The minimum atomic E-state index is -0.150. The minimum absolute atomic E-state index is 0.0807. The zero-order valence-corrected chi connectivity index (χ0v) is 32.8. The number of ether oxygens (including phenoxy) is 1. The Morgan fingerprint density at radius 1 is 0.818 bits per heavy atom. The summed E-state index contributed by atoms with van der Waals surface area (Å²) in [6.45, 7) is 13.9. The van der Waals surface area contributed by atoms with Crippen LogP contribution < -0.4 is 0 Å². The molecular formula is C53H57NO. The van der Waals surface area contributed by atoms with E-state index in [-0.39, 0.29) is 41.4 Å². The van der Waals surface area contributed by atoms with E-state index in [1.54, 1.807) is 5.57 Å². The van der Waals surface area contributed by atoms with Crippen molar-refractivity contribution < 1.29 is 4.74 Å². The van der Waals surface area contributed by atoms with Crippen molar-refractivity contribution in [3.05, 3.63) is 198 Å². The summed E-state index contributed by atoms with van der Waals surface area (Å²) in [6, 6.07) is 32.7. The lowest BCUT2D eigenvalue weighted by Gasteiger charge is -2.58. The van der Waals surface area contributed by atoms with E-state index in [0.717, 1.165) is 42.5 Å². The van der Waals surface area contributed by atoms with Crippen LogP contribution in [0.15, 0.2) is 187 Å². The number of hydrogen-bond donors (Lipinski definition) is 0. The van der Waals surface area contributed by atoms with Gasteiger partial charge in [0.15, 0.2) is 0 Å². The predicted molar refractivity (Wildman–Crippen MR) is 232 cm³/mol. The van der Waals surface area contributed by atoms with Crippen LogP contribution in [-0.2, 0) is 10.2 Å². The third kappa shape index (κ3) is 7.11. The van der Waals surface area contributed by atoms with Gasteiger partial charge in [-0.15, -0.1) is 6.58 Å². The average Bonchev–Trinajstić information content (AvgIpc) is 3.26. The van der Waals surface area contributed by atoms with Crippen LogP contribution in [0.25, 0.3) is 5.57 Å². The summed E-state index contributed by atoms with van der Waals surface area (Å²) < 4.78 is 6.93. The fourth-order valence-corrected chi connectivity index (χ4v) is 10.6. The fraction of sp³-hybridized carbons (Fsp3) is 0.340. The van der Waals surface area contributed by atoms with Crippen LogP contribution >= 0.6 is 0 Å². The number of benzene rings is 3. The summed E-state index contributed by atoms with van der Waals surface area (Å²) in [7, 11) is 0. The van der Waals surface area contributed by atoms with Gasteiger partial charge in [0.2, 0.25) is 0 Å². The first-order valence-corrected chi connectivity index (χ1v) is 20.8. The van der Waals surface area contributed by atoms with Gasteiger partial charge in [-0.3, -0.25) is 4.99 Å². The first-order chi connectivity index (χ1) is 27.0. The average molecular weight is 724 g/mol. The molecule has 9 atom stereocenters. The Hall–Kier alpha value is -4.79. The number of hydrogen-bond acceptors (Lipinski definition) is 2. The predicted octanol–water partition coefficient (Wildman–Crippen LogP) is 13.1. The molecule has 0 aromatic heterocycles. The maximum Gasteiger partial charge on any atom is 0.0931 e. The van der Waals surface area contributed by atoms with Crippen LogP contribution in [0.5, 0.6) is 0 Å². The normalized spacial score (nSPS) is 29.1. The maximum atomic E-state index is 6.93. The molecular weight excluding hydrogens is 667 g/mol. The third-order valence-electron chi connectivity index (χ3n) is 13.6. The van der Waals surface area contributed by atoms with Gasteiger partial charge in [-0.25, -0.2) is 0 Å². The summed E-state index contributed by atoms with van der Waals surface area (Å²) >= 11 is 0. The topological polar surface area (TPSA) is 21.6 Å². The van der Waals surface area contributed by atoms with Gasteiger partial charge >= 0.3 is 0 Å². The molecule has 1 saturated heterocycles. The van der Waals surface area contributed by atoms with Gasteiger partial charge in [-0.1, -0.05) is 196 Å². The fourth-order valence-electron chi connectivity index (χ4n) is 10.6. The molecule has 8 unspecified atom stereocenters. The van der Waals surface area contributed by atoms with Crippen LogP contribution in [0.4, 0.5) is 0 Å². The van der Waals surface area contributed by atoms with Crippen molar-refractivity contribution in [1.29, 1.82) is 0 Å². The van der Waals surface area contributed by atoms with Crippen molar-refractivity contribution in [2.24, 2.45) is 34.6 Å². The van der Waals surface area contributed by atoms with Crippen molar-refractivity contribution in [2.45, 2.75) is 82.5 Å². The summed E-state index contributed by atoms with van der Waals surface area (Å²) in [4.78, 5) is 5.57. The summed E-state index contributed by atoms with van der Waals surface area (Å²) in [5.41, 5.74) is 10.4. The molecule has 2 nitrogen and oxygen atoms in total. The van der Waals surface area contributed by atoms with Gasteiger partial charge in [-0.05, 0) is 77.7 Å². The molecule has 3 aromatic carbocycles. The van der Waals surface area contributed by atoms with E-state index in [4.69, 9.17) is 16.3 Å². The van der Waals surface area contributed by atoms with Gasteiger partial charge in [0.25, 0.3) is 0 Å². The lowest BCUT2D eigenvalue weighted by molar-refractivity contribution is -0.134. The number of rotatable bonds is 11. The van der Waals surface area contributed by atoms with Crippen LogP contribution in [-0.4, -0.2) is 17.9 Å². The molecule has 1 heterocycles. The lowest BCUT2D eigenvalue weighted by atomic mass is 9.50. The van der Waals surface area contributed by atoms with Gasteiger partial charge in [0.05, 0.1) is 18.2 Å². The molecule has 1 aliphatic heterocycles. The molecule has 3 aromatic rings. The van der Waals surface area contributed by atoms with E-state index in [1.165, 1.54) is 41.5 Å². The van der Waals surface area contributed by atoms with Crippen molar-refractivity contribution in [3.63, 3.8) is 0 Å². The lowest BCUT2D eigenvalue weighted by Crippen LogP contribution is -2.59. The van der Waals surface area contributed by atoms with E-state index < -0.39 is 0 Å². The highest BCUT2D eigenvalue weighted by Crippen LogP contribution is 2.59. The zero-order valence-electron chi connectivity index (χ0n) is 32.8. The largest absolute Gasteiger partial charge is 0.370 e. The van der Waals surface area contributed by atoms with Crippen LogP contribution in [0.3, 0.4) is 0 Å². The number of fused-ring (bicyclic) bond motifs is 2. The molecule has 280 valence electrons. The van der Waals surface area contributed by atoms with Gasteiger partial charge in [0.1, 0.15) is 0 Å². The minimum Gasteiger partial charge on any atom is -0.370 e. The molecule has 0 amide bonds. The Balaban J connectivity index is 1.15. The Morgan fingerprint density at radius 2 is 1.53 bits per heavy atom. The molecule has 8 rings (SSSR count). The molecule has 0 bridgehead atoms. The monoisotopic (exact) mass is 723 g/mol. The summed E-state index contributed by atoms with van der Waals surface area (Å²) in [5.74, 6) is 1.38. The Morgan fingerprint density at radius 3 is 2.25 bits per heavy atom. The quantitative estimate of drug-likeness (QED) is 0.143. The van der Waals surface area contributed by atoms with E-state index >= 15 is 0 Å². The Kier molecular flexibility index (Phi) is 11.2. The standard InChI is InChI=1S/C53H57NO/c1-5-49(42-23-11-7-12-24-42)54-52(46-28-16-15-27-45(46)41-21-9-6-10-22-41)39(4)37(2)38(3)40-33-35-44(36-34-40)53(43-25-13-8-14-26-43)47-29-17-19-31-50(47)55-51-32-20-18-30-48(51)53/h5-17,19,21-27,29,31,33,35,37-38,46-51H,1,4,18,20,28,30,32,34,36H2,2-3H3/t37?,38?,46?,47?,48?,49-,50?,51?,53?/m1/s1. The van der Waals surface area contributed by atoms with Gasteiger partial charge < -0.3 is 4.74 Å². The molecule has 55 heavy (non-hydrogen) atoms. The van der Waals surface area contributed by atoms with Crippen LogP contribution in [0, 0.1) is 29.6 Å². The highest BCUT2D eigenvalue weighted by molar-refractivity contribution is 6.08. The molecule has 5 aliphatic rings. The number of nitrogens with zero attached hydrogens (tertiary/aromatic N) is 1. The molecule has 0 radical (unpaired) electrons. The van der Waals surface area contributed by atoms with E-state index in [2.05, 4.69) is 166 Å². The zero-order chi connectivity index (χ0) is 37.8. The van der Waals surface area contributed by atoms with E-state index in [0.29, 0.717) is 11.8 Å². The first-order valence-electron chi connectivity index (χ1n) is 20.8. The third-order valence-corrected chi connectivity index (χ3v) is 13.6. The molecule has 2 fully saturated rings. The van der Waals surface area contributed by atoms with Crippen LogP contribution in [0.2, 0.25) is 0 Å². The molecule has 1 saturated carbocycles. The van der Waals surface area contributed by atoms with Gasteiger partial charge in [-0.2, -0.15) is 0 Å². The Bertz CT molecular complexity index is 2060. The second kappa shape index (κ2) is 16.5. The van der Waals surface area contributed by atoms with Crippen molar-refractivity contribution in [1.82, 2.24) is 0 Å². The molecule has 2 heteroatoms. The highest BCUT2D eigenvalue weighted by atomic mass is 16.5. The molecule has 4 aliphatic carbocycles. The second-order valence-corrected chi connectivity index (χ2v) is 16.4. The molecule has 0 N–H and O–H groups in total. The number of allylic oxidation sites excluding steroid dienone is 11. The van der Waals surface area contributed by atoms with Crippen molar-refractivity contribution in [2.75, 3.05) is 0 Å². The van der Waals surface area contributed by atoms with Crippen LogP contribution in [0.1, 0.15) is 81.5 Å². The SMILES string of the molecule is C=C[C@@H](N=C(C(=C)C(C)C(C)C1=CC=C(C2(c3ccccc3)C3C=CC=CC3OC3CCCCC32)CC1)C1CC=CC=C1c1ccccc1)c1ccccc1. The van der Waals surface area contributed by atoms with Gasteiger partial charge in [0, 0.05) is 23.0 Å². The Labute approximate surface area is 330 Å². The second-order valence-electron chi connectivity index (χ2n) is 16.4.